The molecule has 3 aromatic rings. The van der Waals surface area contributed by atoms with Gasteiger partial charge in [-0.3, -0.25) is 14.4 Å². The summed E-state index contributed by atoms with van der Waals surface area (Å²) >= 11 is 6.49. The van der Waals surface area contributed by atoms with Gasteiger partial charge in [-0.15, -0.1) is 0 Å². The Balaban J connectivity index is 1.23. The highest BCUT2D eigenvalue weighted by Gasteiger charge is 2.30. The van der Waals surface area contributed by atoms with E-state index in [1.165, 1.54) is 37.1 Å². The van der Waals surface area contributed by atoms with Crippen LogP contribution in [0.5, 0.6) is 11.5 Å². The van der Waals surface area contributed by atoms with Gasteiger partial charge in [0.15, 0.2) is 23.1 Å². The minimum atomic E-state index is -0.640. The average Bonchev–Trinajstić information content (AvgIpc) is 3.41. The molecular formula is C30H34ClFN6O5. The average molecular weight is 613 g/mol. The molecule has 43 heavy (non-hydrogen) atoms. The molecule has 11 nitrogen and oxygen atoms in total. The maximum absolute atomic E-state index is 15.1. The van der Waals surface area contributed by atoms with Gasteiger partial charge >= 0.3 is 0 Å². The van der Waals surface area contributed by atoms with Crippen molar-refractivity contribution >= 4 is 35.0 Å². The van der Waals surface area contributed by atoms with Crippen molar-refractivity contribution in [3.8, 4) is 22.8 Å². The number of rotatable bonds is 7. The van der Waals surface area contributed by atoms with Gasteiger partial charge in [-0.05, 0) is 56.3 Å². The molecule has 2 aliphatic rings. The zero-order chi connectivity index (χ0) is 30.7. The third-order valence-electron chi connectivity index (χ3n) is 7.98. The van der Waals surface area contributed by atoms with Crippen LogP contribution in [0.1, 0.15) is 33.8 Å². The lowest BCUT2D eigenvalue weighted by Crippen LogP contribution is -2.52. The first kappa shape index (κ1) is 30.3. The number of amides is 3. The summed E-state index contributed by atoms with van der Waals surface area (Å²) in [5.41, 5.74) is 1.22. The van der Waals surface area contributed by atoms with E-state index in [9.17, 15) is 14.4 Å². The molecule has 0 bridgehead atoms. The smallest absolute Gasteiger partial charge is 0.291 e. The van der Waals surface area contributed by atoms with Crippen LogP contribution in [-0.4, -0.2) is 90.6 Å². The zero-order valence-electron chi connectivity index (χ0n) is 24.3. The number of carbonyl (C=O) groups is 3. The molecule has 13 heteroatoms. The highest BCUT2D eigenvalue weighted by Crippen LogP contribution is 2.36. The minimum Gasteiger partial charge on any atom is -0.493 e. The van der Waals surface area contributed by atoms with E-state index < -0.39 is 11.7 Å². The number of carbonyl (C=O) groups excluding carboxylic acids is 3. The van der Waals surface area contributed by atoms with E-state index in [4.69, 9.17) is 21.1 Å². The summed E-state index contributed by atoms with van der Waals surface area (Å²) < 4.78 is 26.9. The van der Waals surface area contributed by atoms with Crippen molar-refractivity contribution in [1.29, 1.82) is 0 Å². The molecular weight excluding hydrogens is 579 g/mol. The SMILES string of the molecule is COc1ccc(-c2cnc(C(=O)Nc3ccc(C(=O)N4CCN(C(=O)C5CCNCC5)CC4)c(Cl)c3)n2C)c(F)c1OC. The Morgan fingerprint density at radius 3 is 2.37 bits per heavy atom. The third kappa shape index (κ3) is 6.16. The van der Waals surface area contributed by atoms with E-state index in [0.29, 0.717) is 43.1 Å². The van der Waals surface area contributed by atoms with Crippen molar-refractivity contribution in [2.45, 2.75) is 12.8 Å². The minimum absolute atomic E-state index is 0.0392. The van der Waals surface area contributed by atoms with Crippen molar-refractivity contribution in [3.05, 3.63) is 58.8 Å². The molecule has 3 heterocycles. The Labute approximate surface area is 253 Å². The second-order valence-corrected chi connectivity index (χ2v) is 10.9. The molecule has 0 radical (unpaired) electrons. The summed E-state index contributed by atoms with van der Waals surface area (Å²) in [5.74, 6) is -0.972. The first-order valence-corrected chi connectivity index (χ1v) is 14.4. The van der Waals surface area contributed by atoms with Crippen molar-refractivity contribution in [2.24, 2.45) is 13.0 Å². The molecule has 5 rings (SSSR count). The molecule has 2 saturated heterocycles. The number of hydrogen-bond acceptors (Lipinski definition) is 7. The Bertz CT molecular complexity index is 1530. The van der Waals surface area contributed by atoms with Gasteiger partial charge in [-0.2, -0.15) is 0 Å². The fourth-order valence-electron chi connectivity index (χ4n) is 5.54. The van der Waals surface area contributed by atoms with Crippen LogP contribution in [-0.2, 0) is 11.8 Å². The predicted molar refractivity (Wildman–Crippen MR) is 159 cm³/mol. The monoisotopic (exact) mass is 612 g/mol. The van der Waals surface area contributed by atoms with Crippen LogP contribution in [0.3, 0.4) is 0 Å². The molecule has 3 amide bonds. The number of nitrogens with one attached hydrogen (secondary N) is 2. The summed E-state index contributed by atoms with van der Waals surface area (Å²) in [6, 6.07) is 7.75. The number of halogens is 2. The number of nitrogens with zero attached hydrogens (tertiary/aromatic N) is 4. The van der Waals surface area contributed by atoms with Crippen LogP contribution >= 0.6 is 11.6 Å². The number of anilines is 1. The van der Waals surface area contributed by atoms with Crippen molar-refractivity contribution in [3.63, 3.8) is 0 Å². The maximum Gasteiger partial charge on any atom is 0.291 e. The van der Waals surface area contributed by atoms with Gasteiger partial charge in [0.2, 0.25) is 5.91 Å². The number of imidazole rings is 1. The molecule has 0 saturated carbocycles. The van der Waals surface area contributed by atoms with Crippen LogP contribution in [0.15, 0.2) is 36.5 Å². The Morgan fingerprint density at radius 1 is 1.02 bits per heavy atom. The standard InChI is InChI=1S/C30H34ClFN6O5/c1-36-23(21-6-7-24(42-2)26(43-3)25(21)32)17-34-27(36)28(39)35-19-4-5-20(22(31)16-19)30(41)38-14-12-37(13-15-38)29(40)18-8-10-33-11-9-18/h4-7,16-18,33H,8-15H2,1-3H3,(H,35,39). The highest BCUT2D eigenvalue weighted by molar-refractivity contribution is 6.34. The second kappa shape index (κ2) is 13.0. The molecule has 2 N–H and O–H groups in total. The highest BCUT2D eigenvalue weighted by atomic mass is 35.5. The van der Waals surface area contributed by atoms with E-state index in [1.807, 2.05) is 4.90 Å². The quantitative estimate of drug-likeness (QED) is 0.420. The molecule has 1 aromatic heterocycles. The molecule has 0 spiro atoms. The summed E-state index contributed by atoms with van der Waals surface area (Å²) in [4.78, 5) is 46.9. The largest absolute Gasteiger partial charge is 0.493 e. The van der Waals surface area contributed by atoms with E-state index in [1.54, 1.807) is 30.1 Å². The first-order chi connectivity index (χ1) is 20.7. The number of ether oxygens (including phenoxy) is 2. The zero-order valence-corrected chi connectivity index (χ0v) is 25.0. The fourth-order valence-corrected chi connectivity index (χ4v) is 5.80. The Hall–Kier alpha value is -4.16. The predicted octanol–water partition coefficient (Wildman–Crippen LogP) is 3.43. The molecule has 0 atom stereocenters. The number of benzene rings is 2. The van der Waals surface area contributed by atoms with Gasteiger partial charge < -0.3 is 34.5 Å². The van der Waals surface area contributed by atoms with Gasteiger partial charge in [-0.25, -0.2) is 9.37 Å². The molecule has 0 aliphatic carbocycles. The second-order valence-electron chi connectivity index (χ2n) is 10.5. The van der Waals surface area contributed by atoms with E-state index >= 15 is 4.39 Å². The molecule has 2 fully saturated rings. The lowest BCUT2D eigenvalue weighted by Gasteiger charge is -2.37. The molecule has 0 unspecified atom stereocenters. The first-order valence-electron chi connectivity index (χ1n) is 14.1. The van der Waals surface area contributed by atoms with E-state index in [0.717, 1.165) is 25.9 Å². The third-order valence-corrected chi connectivity index (χ3v) is 8.29. The van der Waals surface area contributed by atoms with Gasteiger partial charge in [0.05, 0.1) is 36.7 Å². The van der Waals surface area contributed by atoms with E-state index in [2.05, 4.69) is 15.6 Å². The van der Waals surface area contributed by atoms with Gasteiger partial charge in [0, 0.05) is 50.4 Å². The lowest BCUT2D eigenvalue weighted by atomic mass is 9.96. The fraction of sp³-hybridized carbons (Fsp3) is 0.400. The molecule has 2 aromatic carbocycles. The summed E-state index contributed by atoms with van der Waals surface area (Å²) in [5, 5.41) is 6.20. The van der Waals surface area contributed by atoms with Crippen molar-refractivity contribution in [1.82, 2.24) is 24.7 Å². The number of aromatic nitrogens is 2. The molecule has 2 aliphatic heterocycles. The van der Waals surface area contributed by atoms with E-state index in [-0.39, 0.29) is 45.6 Å². The number of piperazine rings is 1. The van der Waals surface area contributed by atoms with Crippen LogP contribution < -0.4 is 20.1 Å². The van der Waals surface area contributed by atoms with Gasteiger partial charge in [0.25, 0.3) is 11.8 Å². The Morgan fingerprint density at radius 2 is 1.72 bits per heavy atom. The maximum atomic E-state index is 15.1. The van der Waals surface area contributed by atoms with Crippen LogP contribution in [0.4, 0.5) is 10.1 Å². The lowest BCUT2D eigenvalue weighted by molar-refractivity contribution is -0.137. The van der Waals surface area contributed by atoms with Crippen LogP contribution in [0.25, 0.3) is 11.3 Å². The summed E-state index contributed by atoms with van der Waals surface area (Å²) in [6.07, 6.45) is 3.08. The van der Waals surface area contributed by atoms with Gasteiger partial charge in [0.1, 0.15) is 0 Å². The van der Waals surface area contributed by atoms with Crippen molar-refractivity contribution in [2.75, 3.05) is 58.8 Å². The number of hydrogen-bond donors (Lipinski definition) is 2. The number of piperidine rings is 1. The normalized spacial score (nSPS) is 15.7. The van der Waals surface area contributed by atoms with Crippen LogP contribution in [0.2, 0.25) is 5.02 Å². The van der Waals surface area contributed by atoms with Crippen LogP contribution in [0, 0.1) is 11.7 Å². The van der Waals surface area contributed by atoms with Gasteiger partial charge in [-0.1, -0.05) is 11.6 Å². The summed E-state index contributed by atoms with van der Waals surface area (Å²) in [6.45, 7) is 3.52. The topological polar surface area (TPSA) is 118 Å². The number of methoxy groups -OCH3 is 2. The molecule has 228 valence electrons. The summed E-state index contributed by atoms with van der Waals surface area (Å²) in [7, 11) is 4.36. The Kier molecular flexibility index (Phi) is 9.16. The van der Waals surface area contributed by atoms with Crippen molar-refractivity contribution < 1.29 is 28.2 Å².